The van der Waals surface area contributed by atoms with Gasteiger partial charge in [-0.2, -0.15) is 5.10 Å². The van der Waals surface area contributed by atoms with Crippen molar-refractivity contribution >= 4 is 11.9 Å². The molecule has 1 amide bonds. The number of rotatable bonds is 10. The van der Waals surface area contributed by atoms with Gasteiger partial charge in [-0.3, -0.25) is 9.48 Å². The molecule has 8 nitrogen and oxygen atoms in total. The van der Waals surface area contributed by atoms with E-state index in [-0.39, 0.29) is 5.91 Å². The molecule has 0 fully saturated rings. The van der Waals surface area contributed by atoms with E-state index in [2.05, 4.69) is 10.4 Å². The number of aliphatic carboxylic acids is 1. The summed E-state index contributed by atoms with van der Waals surface area (Å²) in [5.74, 6) is -0.0554. The standard InChI is InChI=1S/C30H31N3O5/c1-20-16-22(10-15-27(20)38-30(2,3)29(35)36)18-31-28(34)26-17-25(32-33(26)4)23-11-13-24(14-12-23)37-19-21-8-6-5-7-9-21/h5-17H,18-19H2,1-4H3,(H,31,34)(H,35,36). The fraction of sp³-hybridized carbons (Fsp3) is 0.233. The number of aryl methyl sites for hydroxylation is 2. The van der Waals surface area contributed by atoms with Crippen LogP contribution in [0.2, 0.25) is 0 Å². The van der Waals surface area contributed by atoms with Gasteiger partial charge >= 0.3 is 5.97 Å². The SMILES string of the molecule is Cc1cc(CNC(=O)c2cc(-c3ccc(OCc4ccccc4)cc3)nn2C)ccc1OC(C)(C)C(=O)O. The summed E-state index contributed by atoms with van der Waals surface area (Å²) in [6.07, 6.45) is 0. The summed E-state index contributed by atoms with van der Waals surface area (Å²) < 4.78 is 13.0. The Morgan fingerprint density at radius 1 is 0.974 bits per heavy atom. The number of carboxylic acid groups (broad SMARTS) is 1. The smallest absolute Gasteiger partial charge is 0.347 e. The minimum Gasteiger partial charge on any atom is -0.489 e. The predicted molar refractivity (Wildman–Crippen MR) is 144 cm³/mol. The van der Waals surface area contributed by atoms with Crippen molar-refractivity contribution in [3.63, 3.8) is 0 Å². The van der Waals surface area contributed by atoms with Crippen molar-refractivity contribution in [1.82, 2.24) is 15.1 Å². The lowest BCUT2D eigenvalue weighted by Crippen LogP contribution is -2.38. The zero-order valence-corrected chi connectivity index (χ0v) is 21.9. The second-order valence-electron chi connectivity index (χ2n) is 9.54. The van der Waals surface area contributed by atoms with E-state index < -0.39 is 11.6 Å². The van der Waals surface area contributed by atoms with Crippen LogP contribution in [0, 0.1) is 6.92 Å². The molecule has 2 N–H and O–H groups in total. The monoisotopic (exact) mass is 513 g/mol. The maximum atomic E-state index is 12.9. The minimum absolute atomic E-state index is 0.251. The van der Waals surface area contributed by atoms with Gasteiger partial charge in [-0.05, 0) is 73.9 Å². The number of benzene rings is 3. The quantitative estimate of drug-likeness (QED) is 0.304. The van der Waals surface area contributed by atoms with Crippen molar-refractivity contribution in [1.29, 1.82) is 0 Å². The van der Waals surface area contributed by atoms with Crippen molar-refractivity contribution in [2.75, 3.05) is 0 Å². The van der Waals surface area contributed by atoms with Crippen molar-refractivity contribution in [2.24, 2.45) is 7.05 Å². The number of carbonyl (C=O) groups is 2. The zero-order valence-electron chi connectivity index (χ0n) is 21.9. The Kier molecular flexibility index (Phi) is 7.81. The zero-order chi connectivity index (χ0) is 27.3. The van der Waals surface area contributed by atoms with Gasteiger partial charge in [0.1, 0.15) is 23.8 Å². The van der Waals surface area contributed by atoms with Crippen molar-refractivity contribution < 1.29 is 24.2 Å². The summed E-state index contributed by atoms with van der Waals surface area (Å²) in [6, 6.07) is 24.7. The summed E-state index contributed by atoms with van der Waals surface area (Å²) >= 11 is 0. The van der Waals surface area contributed by atoms with Crippen LogP contribution in [0.3, 0.4) is 0 Å². The molecule has 0 saturated heterocycles. The normalized spacial score (nSPS) is 11.2. The van der Waals surface area contributed by atoms with Gasteiger partial charge in [0.15, 0.2) is 5.60 Å². The van der Waals surface area contributed by atoms with Crippen molar-refractivity contribution in [3.05, 3.63) is 101 Å². The molecule has 0 saturated carbocycles. The average Bonchev–Trinajstić information content (AvgIpc) is 3.30. The van der Waals surface area contributed by atoms with Crippen LogP contribution in [0.25, 0.3) is 11.3 Å². The third-order valence-corrected chi connectivity index (χ3v) is 6.08. The predicted octanol–water partition coefficient (Wildman–Crippen LogP) is 5.15. The number of nitrogens with zero attached hydrogens (tertiary/aromatic N) is 2. The van der Waals surface area contributed by atoms with Crippen LogP contribution in [0.1, 0.15) is 41.0 Å². The number of amides is 1. The molecule has 0 unspecified atom stereocenters. The highest BCUT2D eigenvalue weighted by Crippen LogP contribution is 2.25. The van der Waals surface area contributed by atoms with Crippen LogP contribution >= 0.6 is 0 Å². The Labute approximate surface area is 221 Å². The van der Waals surface area contributed by atoms with E-state index in [0.717, 1.165) is 28.0 Å². The van der Waals surface area contributed by atoms with Gasteiger partial charge in [-0.15, -0.1) is 0 Å². The molecule has 0 aliphatic rings. The van der Waals surface area contributed by atoms with Gasteiger partial charge in [-0.1, -0.05) is 42.5 Å². The van der Waals surface area contributed by atoms with Gasteiger partial charge in [-0.25, -0.2) is 4.79 Å². The summed E-state index contributed by atoms with van der Waals surface area (Å²) in [5.41, 5.74) is 3.40. The molecule has 0 bridgehead atoms. The molecule has 0 atom stereocenters. The van der Waals surface area contributed by atoms with E-state index in [0.29, 0.717) is 30.3 Å². The van der Waals surface area contributed by atoms with Gasteiger partial charge in [0.2, 0.25) is 0 Å². The van der Waals surface area contributed by atoms with E-state index in [4.69, 9.17) is 9.47 Å². The molecule has 0 radical (unpaired) electrons. The van der Waals surface area contributed by atoms with E-state index in [1.54, 1.807) is 29.9 Å². The summed E-state index contributed by atoms with van der Waals surface area (Å²) in [7, 11) is 1.73. The van der Waals surface area contributed by atoms with E-state index in [1.165, 1.54) is 13.8 Å². The van der Waals surface area contributed by atoms with Crippen molar-refractivity contribution in [3.8, 4) is 22.8 Å². The van der Waals surface area contributed by atoms with Crippen LogP contribution in [0.5, 0.6) is 11.5 Å². The first-order valence-corrected chi connectivity index (χ1v) is 12.2. The van der Waals surface area contributed by atoms with Crippen LogP contribution in [0.4, 0.5) is 0 Å². The second kappa shape index (κ2) is 11.2. The number of aromatic nitrogens is 2. The summed E-state index contributed by atoms with van der Waals surface area (Å²) in [5, 5.41) is 16.7. The Morgan fingerprint density at radius 3 is 2.34 bits per heavy atom. The minimum atomic E-state index is -1.34. The van der Waals surface area contributed by atoms with E-state index >= 15 is 0 Å². The van der Waals surface area contributed by atoms with Crippen LogP contribution in [0.15, 0.2) is 78.9 Å². The number of carbonyl (C=O) groups excluding carboxylic acids is 1. The topological polar surface area (TPSA) is 103 Å². The Balaban J connectivity index is 1.36. The highest BCUT2D eigenvalue weighted by molar-refractivity contribution is 5.93. The molecule has 196 valence electrons. The molecule has 0 aliphatic heterocycles. The maximum absolute atomic E-state index is 12.9. The molecule has 1 aromatic heterocycles. The van der Waals surface area contributed by atoms with Crippen LogP contribution < -0.4 is 14.8 Å². The Morgan fingerprint density at radius 2 is 1.68 bits per heavy atom. The number of carboxylic acids is 1. The number of ether oxygens (including phenoxy) is 2. The molecular weight excluding hydrogens is 482 g/mol. The molecule has 0 spiro atoms. The first-order chi connectivity index (χ1) is 18.1. The van der Waals surface area contributed by atoms with E-state index in [1.807, 2.05) is 67.6 Å². The number of hydrogen-bond donors (Lipinski definition) is 2. The summed E-state index contributed by atoms with van der Waals surface area (Å²) in [4.78, 5) is 24.2. The Hall–Kier alpha value is -4.59. The molecule has 1 heterocycles. The molecule has 38 heavy (non-hydrogen) atoms. The lowest BCUT2D eigenvalue weighted by Gasteiger charge is -2.23. The number of hydrogen-bond acceptors (Lipinski definition) is 5. The third-order valence-electron chi connectivity index (χ3n) is 6.08. The number of nitrogens with one attached hydrogen (secondary N) is 1. The molecule has 4 aromatic rings. The highest BCUT2D eigenvalue weighted by Gasteiger charge is 2.29. The average molecular weight is 514 g/mol. The molecule has 0 aliphatic carbocycles. The van der Waals surface area contributed by atoms with Gasteiger partial charge in [0.05, 0.1) is 5.69 Å². The lowest BCUT2D eigenvalue weighted by molar-refractivity contribution is -0.152. The highest BCUT2D eigenvalue weighted by atomic mass is 16.5. The Bertz CT molecular complexity index is 1430. The van der Waals surface area contributed by atoms with Gasteiger partial charge in [0, 0.05) is 19.2 Å². The summed E-state index contributed by atoms with van der Waals surface area (Å²) in [6.45, 7) is 5.63. The van der Waals surface area contributed by atoms with E-state index in [9.17, 15) is 14.7 Å². The molecule has 4 rings (SSSR count). The third kappa shape index (κ3) is 6.39. The molecular formula is C30H31N3O5. The fourth-order valence-electron chi connectivity index (χ4n) is 3.81. The maximum Gasteiger partial charge on any atom is 0.347 e. The molecule has 3 aromatic carbocycles. The van der Waals surface area contributed by atoms with Gasteiger partial charge in [0.25, 0.3) is 5.91 Å². The van der Waals surface area contributed by atoms with Gasteiger partial charge < -0.3 is 19.9 Å². The first kappa shape index (κ1) is 26.5. The fourth-order valence-corrected chi connectivity index (χ4v) is 3.81. The van der Waals surface area contributed by atoms with Crippen molar-refractivity contribution in [2.45, 2.75) is 39.5 Å². The van der Waals surface area contributed by atoms with Crippen LogP contribution in [-0.4, -0.2) is 32.4 Å². The second-order valence-corrected chi connectivity index (χ2v) is 9.54. The molecule has 8 heteroatoms. The largest absolute Gasteiger partial charge is 0.489 e. The van der Waals surface area contributed by atoms with Crippen LogP contribution in [-0.2, 0) is 25.0 Å². The first-order valence-electron chi connectivity index (χ1n) is 12.2. The lowest BCUT2D eigenvalue weighted by atomic mass is 10.1.